The summed E-state index contributed by atoms with van der Waals surface area (Å²) >= 11 is 0. The standard InChI is InChI=1S/C34H44N4O5Si/c1-24-30(16-11-25-8-6-9-27(22-25)38-19-7-10-32(42-3)34(38)40)43-31(17-20-37-23-26(18-21-39)35-36-37)33(24)44(4,5)29-14-12-28(41-2)13-15-29/h6-10,12-15,19,22-24,30-31,33,39H,11,16-18,20-21H2,1-5H3/t24-,30+,31-,33+/m0/s1. The van der Waals surface area contributed by atoms with E-state index in [1.54, 1.807) is 23.9 Å². The third kappa shape index (κ3) is 6.82. The van der Waals surface area contributed by atoms with Crippen LogP contribution in [0.5, 0.6) is 11.5 Å². The van der Waals surface area contributed by atoms with Crippen molar-refractivity contribution in [2.75, 3.05) is 20.8 Å². The zero-order valence-corrected chi connectivity index (χ0v) is 27.3. The fourth-order valence-corrected chi connectivity index (χ4v) is 11.0. The molecule has 0 aliphatic carbocycles. The Labute approximate surface area is 260 Å². The molecule has 1 aliphatic rings. The molecule has 2 aromatic carbocycles. The average molecular weight is 617 g/mol. The molecule has 0 spiro atoms. The lowest BCUT2D eigenvalue weighted by Gasteiger charge is -2.36. The van der Waals surface area contributed by atoms with Crippen LogP contribution in [0.25, 0.3) is 5.69 Å². The van der Waals surface area contributed by atoms with Crippen molar-refractivity contribution < 1.29 is 19.3 Å². The number of aromatic nitrogens is 4. The first kappa shape index (κ1) is 31.7. The van der Waals surface area contributed by atoms with Gasteiger partial charge in [0.15, 0.2) is 5.75 Å². The Balaban J connectivity index is 1.35. The van der Waals surface area contributed by atoms with Crippen LogP contribution in [0.15, 0.2) is 77.9 Å². The zero-order chi connectivity index (χ0) is 31.3. The molecule has 1 fully saturated rings. The minimum absolute atomic E-state index is 0.0620. The van der Waals surface area contributed by atoms with Gasteiger partial charge in [-0.15, -0.1) is 5.10 Å². The van der Waals surface area contributed by atoms with Crippen LogP contribution in [-0.2, 0) is 24.1 Å². The first-order valence-corrected chi connectivity index (χ1v) is 18.5. The van der Waals surface area contributed by atoms with E-state index in [-0.39, 0.29) is 24.4 Å². The molecular weight excluding hydrogens is 572 g/mol. The van der Waals surface area contributed by atoms with E-state index in [9.17, 15) is 9.90 Å². The van der Waals surface area contributed by atoms with E-state index < -0.39 is 8.07 Å². The maximum atomic E-state index is 12.8. The summed E-state index contributed by atoms with van der Waals surface area (Å²) in [5.41, 5.74) is 3.02. The second kappa shape index (κ2) is 13.9. The van der Waals surface area contributed by atoms with Crippen LogP contribution in [0, 0.1) is 5.92 Å². The highest BCUT2D eigenvalue weighted by Crippen LogP contribution is 2.46. The van der Waals surface area contributed by atoms with Gasteiger partial charge in [0.25, 0.3) is 5.56 Å². The third-order valence-corrected chi connectivity index (χ3v) is 13.6. The molecule has 234 valence electrons. The largest absolute Gasteiger partial charge is 0.497 e. The molecule has 1 aliphatic heterocycles. The van der Waals surface area contributed by atoms with Gasteiger partial charge in [-0.3, -0.25) is 14.0 Å². The van der Waals surface area contributed by atoms with Crippen LogP contribution in [-0.4, -0.2) is 65.8 Å². The summed E-state index contributed by atoms with van der Waals surface area (Å²) in [4.78, 5) is 12.8. The average Bonchev–Trinajstić information content (AvgIpc) is 3.62. The van der Waals surface area contributed by atoms with Gasteiger partial charge >= 0.3 is 0 Å². The maximum Gasteiger partial charge on any atom is 0.297 e. The Bertz CT molecular complexity index is 1590. The topological polar surface area (TPSA) is 101 Å². The van der Waals surface area contributed by atoms with Crippen LogP contribution < -0.4 is 20.2 Å². The molecule has 1 saturated heterocycles. The molecule has 5 rings (SSSR count). The predicted octanol–water partition coefficient (Wildman–Crippen LogP) is 4.39. The second-order valence-corrected chi connectivity index (χ2v) is 16.9. The summed E-state index contributed by atoms with van der Waals surface area (Å²) in [6.45, 7) is 8.04. The van der Waals surface area contributed by atoms with Gasteiger partial charge in [-0.1, -0.05) is 54.7 Å². The number of nitrogens with zero attached hydrogens (tertiary/aromatic N) is 4. The van der Waals surface area contributed by atoms with Crippen molar-refractivity contribution >= 4 is 13.3 Å². The van der Waals surface area contributed by atoms with Gasteiger partial charge in [-0.25, -0.2) is 0 Å². The molecule has 0 saturated carbocycles. The number of aryl methyl sites for hydroxylation is 2. The van der Waals surface area contributed by atoms with Crippen LogP contribution in [0.4, 0.5) is 0 Å². The third-order valence-electron chi connectivity index (χ3n) is 9.21. The second-order valence-electron chi connectivity index (χ2n) is 12.2. The van der Waals surface area contributed by atoms with Crippen LogP contribution in [0.3, 0.4) is 0 Å². The molecule has 0 radical (unpaired) electrons. The van der Waals surface area contributed by atoms with Crippen molar-refractivity contribution in [3.05, 3.63) is 94.7 Å². The summed E-state index contributed by atoms with van der Waals surface area (Å²) < 4.78 is 21.1. The van der Waals surface area contributed by atoms with E-state index in [0.29, 0.717) is 30.2 Å². The number of hydrogen-bond acceptors (Lipinski definition) is 7. The highest BCUT2D eigenvalue weighted by atomic mass is 28.3. The minimum Gasteiger partial charge on any atom is -0.497 e. The molecule has 0 unspecified atom stereocenters. The number of ether oxygens (including phenoxy) is 3. The zero-order valence-electron chi connectivity index (χ0n) is 26.3. The van der Waals surface area contributed by atoms with Gasteiger partial charge in [0.05, 0.1) is 40.2 Å². The normalized spacial score (nSPS) is 20.1. The molecule has 10 heteroatoms. The van der Waals surface area contributed by atoms with Gasteiger partial charge in [0, 0.05) is 37.7 Å². The number of aliphatic hydroxyl groups excluding tert-OH is 1. The van der Waals surface area contributed by atoms with Crippen molar-refractivity contribution in [1.82, 2.24) is 19.6 Å². The molecule has 4 aromatic rings. The van der Waals surface area contributed by atoms with E-state index in [0.717, 1.165) is 36.4 Å². The van der Waals surface area contributed by atoms with E-state index in [4.69, 9.17) is 14.2 Å². The monoisotopic (exact) mass is 616 g/mol. The minimum atomic E-state index is -1.98. The smallest absolute Gasteiger partial charge is 0.297 e. The fourth-order valence-electron chi connectivity index (χ4n) is 6.86. The fraction of sp³-hybridized carbons (Fsp3) is 0.441. The van der Waals surface area contributed by atoms with Crippen LogP contribution >= 0.6 is 0 Å². The lowest BCUT2D eigenvalue weighted by Crippen LogP contribution is -2.50. The molecule has 44 heavy (non-hydrogen) atoms. The van der Waals surface area contributed by atoms with Crippen molar-refractivity contribution in [3.8, 4) is 17.2 Å². The Hall–Kier alpha value is -3.73. The van der Waals surface area contributed by atoms with Gasteiger partial charge in [-0.05, 0) is 72.7 Å². The maximum absolute atomic E-state index is 12.8. The summed E-state index contributed by atoms with van der Waals surface area (Å²) in [5.74, 6) is 1.56. The highest BCUT2D eigenvalue weighted by molar-refractivity contribution is 6.91. The quantitative estimate of drug-likeness (QED) is 0.222. The van der Waals surface area contributed by atoms with Gasteiger partial charge in [0.2, 0.25) is 0 Å². The molecule has 4 atom stereocenters. The first-order valence-electron chi connectivity index (χ1n) is 15.4. The Morgan fingerprint density at radius 3 is 2.50 bits per heavy atom. The van der Waals surface area contributed by atoms with Crippen molar-refractivity contribution in [2.24, 2.45) is 5.92 Å². The van der Waals surface area contributed by atoms with Crippen molar-refractivity contribution in [1.29, 1.82) is 0 Å². The Morgan fingerprint density at radius 2 is 1.77 bits per heavy atom. The number of pyridine rings is 1. The van der Waals surface area contributed by atoms with E-state index >= 15 is 0 Å². The van der Waals surface area contributed by atoms with Crippen molar-refractivity contribution in [3.63, 3.8) is 0 Å². The Kier molecular flexibility index (Phi) is 10.0. The molecule has 0 bridgehead atoms. The van der Waals surface area contributed by atoms with Gasteiger partial charge in [0.1, 0.15) is 5.75 Å². The van der Waals surface area contributed by atoms with Crippen molar-refractivity contribution in [2.45, 2.75) is 70.0 Å². The van der Waals surface area contributed by atoms with E-state index in [1.165, 1.54) is 17.9 Å². The predicted molar refractivity (Wildman–Crippen MR) is 174 cm³/mol. The summed E-state index contributed by atoms with van der Waals surface area (Å²) in [7, 11) is 1.23. The molecule has 0 amide bonds. The molecule has 2 aromatic heterocycles. The number of aliphatic hydroxyl groups is 1. The van der Waals surface area contributed by atoms with Gasteiger partial charge < -0.3 is 19.3 Å². The first-order chi connectivity index (χ1) is 21.2. The summed E-state index contributed by atoms with van der Waals surface area (Å²) in [6.07, 6.45) is 6.98. The van der Waals surface area contributed by atoms with E-state index in [1.807, 2.05) is 29.1 Å². The summed E-state index contributed by atoms with van der Waals surface area (Å²) in [6, 6.07) is 20.2. The van der Waals surface area contributed by atoms with E-state index in [2.05, 4.69) is 66.7 Å². The molecule has 1 N–H and O–H groups in total. The molecule has 3 heterocycles. The SMILES string of the molecule is COc1ccc([Si](C)(C)[C@@H]2[C@@H](C)[C@@H](CCc3cccc(-n4cccc(OC)c4=O)c3)O[C@H]2CCn2cc(CCO)nn2)cc1. The molecule has 9 nitrogen and oxygen atoms in total. The van der Waals surface area contributed by atoms with Gasteiger partial charge in [-0.2, -0.15) is 0 Å². The Morgan fingerprint density at radius 1 is 0.977 bits per heavy atom. The lowest BCUT2D eigenvalue weighted by molar-refractivity contribution is 0.0250. The number of rotatable bonds is 13. The van der Waals surface area contributed by atoms with Crippen LogP contribution in [0.1, 0.15) is 31.0 Å². The lowest BCUT2D eigenvalue weighted by atomic mass is 9.95. The summed E-state index contributed by atoms with van der Waals surface area (Å²) in [5, 5.41) is 19.2. The number of benzene rings is 2. The number of hydrogen-bond donors (Lipinski definition) is 1. The highest BCUT2D eigenvalue weighted by Gasteiger charge is 2.50. The number of methoxy groups -OCH3 is 2. The molecular formula is C34H44N4O5Si. The van der Waals surface area contributed by atoms with Crippen LogP contribution in [0.2, 0.25) is 18.6 Å².